The monoisotopic (exact) mass is 455 g/mol. The number of benzene rings is 2. The van der Waals surface area contributed by atoms with Crippen molar-refractivity contribution in [1.29, 1.82) is 0 Å². The molecule has 4 rings (SSSR count). The zero-order valence-electron chi connectivity index (χ0n) is 17.1. The second kappa shape index (κ2) is 9.62. The smallest absolute Gasteiger partial charge is 0.253 e. The molecule has 31 heavy (non-hydrogen) atoms. The molecule has 160 valence electrons. The third-order valence-corrected chi connectivity index (χ3v) is 6.97. The number of amides is 2. The Bertz CT molecular complexity index is 1060. The zero-order chi connectivity index (χ0) is 21.8. The number of halogens is 1. The molecule has 0 saturated carbocycles. The Morgan fingerprint density at radius 2 is 1.45 bits per heavy atom. The van der Waals surface area contributed by atoms with Crippen LogP contribution in [0, 0.1) is 12.7 Å². The molecule has 0 unspecified atom stereocenters. The van der Waals surface area contributed by atoms with Crippen LogP contribution in [-0.4, -0.2) is 52.8 Å². The third-order valence-electron chi connectivity index (χ3n) is 5.10. The molecule has 2 heterocycles. The molecule has 1 fully saturated rings. The molecule has 1 aliphatic rings. The van der Waals surface area contributed by atoms with Crippen LogP contribution in [-0.2, 0) is 5.75 Å². The summed E-state index contributed by atoms with van der Waals surface area (Å²) in [6, 6.07) is 13.2. The number of aryl methyl sites for hydroxylation is 1. The lowest BCUT2D eigenvalue weighted by Gasteiger charge is -2.35. The minimum atomic E-state index is -0.366. The number of thioether (sulfide) groups is 1. The van der Waals surface area contributed by atoms with E-state index in [2.05, 4.69) is 10.4 Å². The van der Waals surface area contributed by atoms with Crippen molar-refractivity contribution >= 4 is 34.9 Å². The normalized spacial score (nSPS) is 14.0. The highest BCUT2D eigenvalue weighted by molar-refractivity contribution is 7.98. The van der Waals surface area contributed by atoms with Crippen LogP contribution < -0.4 is 0 Å². The first-order valence-corrected chi connectivity index (χ1v) is 11.8. The Kier molecular flexibility index (Phi) is 6.67. The van der Waals surface area contributed by atoms with Crippen molar-refractivity contribution in [3.63, 3.8) is 0 Å². The van der Waals surface area contributed by atoms with Crippen LogP contribution in [0.4, 0.5) is 4.39 Å². The van der Waals surface area contributed by atoms with Crippen LogP contribution in [0.2, 0.25) is 0 Å². The van der Waals surface area contributed by atoms with E-state index in [1.165, 1.54) is 24.3 Å². The highest BCUT2D eigenvalue weighted by Gasteiger charge is 2.25. The van der Waals surface area contributed by atoms with E-state index >= 15 is 0 Å². The fourth-order valence-corrected chi connectivity index (χ4v) is 4.90. The molecule has 0 bridgehead atoms. The number of carbonyl (C=O) groups excluding carboxylic acids is 2. The van der Waals surface area contributed by atoms with Gasteiger partial charge >= 0.3 is 0 Å². The van der Waals surface area contributed by atoms with Crippen LogP contribution >= 0.6 is 23.1 Å². The van der Waals surface area contributed by atoms with Gasteiger partial charge in [-0.15, -0.1) is 23.1 Å². The van der Waals surface area contributed by atoms with Crippen molar-refractivity contribution in [2.24, 2.45) is 0 Å². The summed E-state index contributed by atoms with van der Waals surface area (Å²) in [5.74, 6) is 0.278. The van der Waals surface area contributed by atoms with E-state index in [0.29, 0.717) is 37.3 Å². The predicted molar refractivity (Wildman–Crippen MR) is 121 cm³/mol. The molecule has 3 aromatic rings. The van der Waals surface area contributed by atoms with Crippen LogP contribution in [0.1, 0.15) is 31.4 Å². The standard InChI is InChI=1S/C23H22FN3O2S2/c1-16-25-20(14-30-16)15-31-21-8-4-18(5-9-21)23(29)27-12-10-26(11-13-27)22(28)17-2-6-19(24)7-3-17/h2-9,14H,10-13,15H2,1H3. The van der Waals surface area contributed by atoms with Gasteiger partial charge < -0.3 is 9.80 Å². The molecule has 1 aliphatic heterocycles. The maximum Gasteiger partial charge on any atom is 0.253 e. The van der Waals surface area contributed by atoms with Crippen molar-refractivity contribution in [3.05, 3.63) is 81.6 Å². The summed E-state index contributed by atoms with van der Waals surface area (Å²) in [7, 11) is 0. The largest absolute Gasteiger partial charge is 0.335 e. The van der Waals surface area contributed by atoms with E-state index in [1.807, 2.05) is 31.2 Å². The molecule has 0 spiro atoms. The summed E-state index contributed by atoms with van der Waals surface area (Å²) < 4.78 is 13.1. The number of hydrogen-bond acceptors (Lipinski definition) is 5. The molecule has 2 amide bonds. The first kappa shape index (κ1) is 21.5. The summed E-state index contributed by atoms with van der Waals surface area (Å²) >= 11 is 3.35. The summed E-state index contributed by atoms with van der Waals surface area (Å²) in [6.45, 7) is 3.88. The van der Waals surface area contributed by atoms with Crippen LogP contribution in [0.3, 0.4) is 0 Å². The van der Waals surface area contributed by atoms with Crippen molar-refractivity contribution < 1.29 is 14.0 Å². The minimum absolute atomic E-state index is 0.0273. The summed E-state index contributed by atoms with van der Waals surface area (Å²) in [4.78, 5) is 34.4. The average molecular weight is 456 g/mol. The van der Waals surface area contributed by atoms with E-state index in [1.54, 1.807) is 32.9 Å². The number of nitrogens with zero attached hydrogens (tertiary/aromatic N) is 3. The van der Waals surface area contributed by atoms with Crippen LogP contribution in [0.25, 0.3) is 0 Å². The molecule has 0 atom stereocenters. The lowest BCUT2D eigenvalue weighted by molar-refractivity contribution is 0.0535. The second-order valence-electron chi connectivity index (χ2n) is 7.26. The van der Waals surface area contributed by atoms with Gasteiger partial charge in [0.2, 0.25) is 0 Å². The Morgan fingerprint density at radius 3 is 1.94 bits per heavy atom. The van der Waals surface area contributed by atoms with Crippen molar-refractivity contribution in [2.45, 2.75) is 17.6 Å². The van der Waals surface area contributed by atoms with Gasteiger partial charge in [0.05, 0.1) is 10.7 Å². The van der Waals surface area contributed by atoms with E-state index in [9.17, 15) is 14.0 Å². The number of rotatable bonds is 5. The predicted octanol–water partition coefficient (Wildman–Crippen LogP) is 4.48. The maximum absolute atomic E-state index is 13.1. The minimum Gasteiger partial charge on any atom is -0.335 e. The lowest BCUT2D eigenvalue weighted by Crippen LogP contribution is -2.50. The van der Waals surface area contributed by atoms with Gasteiger partial charge in [-0.25, -0.2) is 9.37 Å². The van der Waals surface area contributed by atoms with Crippen molar-refractivity contribution in [2.75, 3.05) is 26.2 Å². The van der Waals surface area contributed by atoms with E-state index in [4.69, 9.17) is 0 Å². The highest BCUT2D eigenvalue weighted by atomic mass is 32.2. The second-order valence-corrected chi connectivity index (χ2v) is 9.37. The molecule has 0 radical (unpaired) electrons. The fraction of sp³-hybridized carbons (Fsp3) is 0.261. The van der Waals surface area contributed by atoms with E-state index < -0.39 is 0 Å². The Labute approximate surface area is 188 Å². The Morgan fingerprint density at radius 1 is 0.935 bits per heavy atom. The van der Waals surface area contributed by atoms with Crippen molar-refractivity contribution in [3.8, 4) is 0 Å². The molecule has 0 N–H and O–H groups in total. The Balaban J connectivity index is 1.30. The van der Waals surface area contributed by atoms with Crippen LogP contribution in [0.15, 0.2) is 58.8 Å². The number of hydrogen-bond donors (Lipinski definition) is 0. The quantitative estimate of drug-likeness (QED) is 0.533. The Hall–Kier alpha value is -2.71. The average Bonchev–Trinajstić information content (AvgIpc) is 3.23. The SMILES string of the molecule is Cc1nc(CSc2ccc(C(=O)N3CCN(C(=O)c4ccc(F)cc4)CC3)cc2)cs1. The number of thiazole rings is 1. The molecule has 5 nitrogen and oxygen atoms in total. The topological polar surface area (TPSA) is 53.5 Å². The van der Waals surface area contributed by atoms with Gasteiger partial charge in [-0.1, -0.05) is 0 Å². The number of carbonyl (C=O) groups is 2. The molecule has 1 aromatic heterocycles. The number of piperazine rings is 1. The van der Waals surface area contributed by atoms with Gasteiger partial charge in [0, 0.05) is 53.3 Å². The van der Waals surface area contributed by atoms with Gasteiger partial charge in [-0.05, 0) is 55.5 Å². The molecular formula is C23H22FN3O2S2. The molecular weight excluding hydrogens is 433 g/mol. The summed E-state index contributed by atoms with van der Waals surface area (Å²) in [6.07, 6.45) is 0. The van der Waals surface area contributed by atoms with Gasteiger partial charge in [0.15, 0.2) is 0 Å². The summed E-state index contributed by atoms with van der Waals surface area (Å²) in [5, 5.41) is 3.14. The van der Waals surface area contributed by atoms with Gasteiger partial charge in [0.25, 0.3) is 11.8 Å². The van der Waals surface area contributed by atoms with E-state index in [0.717, 1.165) is 21.3 Å². The molecule has 1 saturated heterocycles. The first-order valence-electron chi connectivity index (χ1n) is 9.97. The maximum atomic E-state index is 13.1. The summed E-state index contributed by atoms with van der Waals surface area (Å²) in [5.41, 5.74) is 2.18. The third kappa shape index (κ3) is 5.32. The van der Waals surface area contributed by atoms with E-state index in [-0.39, 0.29) is 17.6 Å². The van der Waals surface area contributed by atoms with Gasteiger partial charge in [-0.3, -0.25) is 9.59 Å². The highest BCUT2D eigenvalue weighted by Crippen LogP contribution is 2.24. The molecule has 0 aliphatic carbocycles. The lowest BCUT2D eigenvalue weighted by atomic mass is 10.1. The van der Waals surface area contributed by atoms with Crippen LogP contribution in [0.5, 0.6) is 0 Å². The molecule has 8 heteroatoms. The number of aromatic nitrogens is 1. The first-order chi connectivity index (χ1) is 15.0. The zero-order valence-corrected chi connectivity index (χ0v) is 18.7. The van der Waals surface area contributed by atoms with Gasteiger partial charge in [-0.2, -0.15) is 0 Å². The van der Waals surface area contributed by atoms with Gasteiger partial charge in [0.1, 0.15) is 5.82 Å². The molecule has 2 aromatic carbocycles. The van der Waals surface area contributed by atoms with Crippen molar-refractivity contribution in [1.82, 2.24) is 14.8 Å². The fourth-order valence-electron chi connectivity index (χ4n) is 3.40.